The molecule has 2 saturated heterocycles. The zero-order valence-electron chi connectivity index (χ0n) is 17.4. The summed E-state index contributed by atoms with van der Waals surface area (Å²) >= 11 is 0. The Hall–Kier alpha value is -1.39. The van der Waals surface area contributed by atoms with Gasteiger partial charge in [0.2, 0.25) is 0 Å². The molecular formula is C21H34IN5O2. The molecule has 2 aliphatic rings. The normalized spacial score (nSPS) is 22.2. The first-order valence-electron chi connectivity index (χ1n) is 10.4. The molecule has 0 spiro atoms. The minimum Gasteiger partial charge on any atom is -0.368 e. The lowest BCUT2D eigenvalue weighted by Gasteiger charge is -2.24. The molecule has 0 bridgehead atoms. The number of amides is 1. The molecule has 0 saturated carbocycles. The Bertz CT molecular complexity index is 679. The van der Waals surface area contributed by atoms with Gasteiger partial charge in [-0.15, -0.1) is 24.0 Å². The quantitative estimate of drug-likeness (QED) is 0.296. The van der Waals surface area contributed by atoms with Crippen molar-refractivity contribution in [2.45, 2.75) is 51.3 Å². The highest BCUT2D eigenvalue weighted by atomic mass is 127. The molecule has 0 aliphatic carbocycles. The fraction of sp³-hybridized carbons (Fsp3) is 0.619. The van der Waals surface area contributed by atoms with Gasteiger partial charge in [-0.25, -0.2) is 0 Å². The maximum atomic E-state index is 12.2. The number of nitrogens with one attached hydrogen (secondary N) is 3. The summed E-state index contributed by atoms with van der Waals surface area (Å²) in [6.45, 7) is 6.74. The molecule has 3 rings (SSSR count). The minimum atomic E-state index is -0.317. The van der Waals surface area contributed by atoms with Crippen LogP contribution in [0.2, 0.25) is 0 Å². The van der Waals surface area contributed by atoms with Crippen LogP contribution in [0.3, 0.4) is 0 Å². The number of carbonyl (C=O) groups is 1. The molecule has 3 N–H and O–H groups in total. The highest BCUT2D eigenvalue weighted by Crippen LogP contribution is 2.17. The van der Waals surface area contributed by atoms with Gasteiger partial charge in [-0.1, -0.05) is 19.1 Å². The number of likely N-dealkylation sites (N-methyl/N-ethyl adjacent to an activating group) is 1. The summed E-state index contributed by atoms with van der Waals surface area (Å²) in [7, 11) is 1.79. The van der Waals surface area contributed by atoms with Crippen LogP contribution in [0.4, 0.5) is 5.69 Å². The molecule has 2 atom stereocenters. The zero-order valence-corrected chi connectivity index (χ0v) is 19.8. The lowest BCUT2D eigenvalue weighted by atomic mass is 10.2. The number of carbonyl (C=O) groups excluding carboxylic acids is 1. The molecule has 1 aromatic rings. The largest absolute Gasteiger partial charge is 0.368 e. The standard InChI is InChI=1S/C21H33N5O2.HI/c1-3-26-11-5-9-18(26)15-24-21(22-2)23-14-16-7-4-8-17(13-16)25-20(27)19-10-6-12-28-19;/h4,7-8,13,18-19H,3,5-6,9-12,14-15H2,1-2H3,(H,25,27)(H2,22,23,24);1H. The number of anilines is 1. The Balaban J connectivity index is 0.00000300. The van der Waals surface area contributed by atoms with Gasteiger partial charge in [-0.05, 0) is 56.5 Å². The van der Waals surface area contributed by atoms with Gasteiger partial charge in [0, 0.05) is 38.5 Å². The van der Waals surface area contributed by atoms with Gasteiger partial charge in [0.05, 0.1) is 0 Å². The number of rotatable bonds is 7. The number of nitrogens with zero attached hydrogens (tertiary/aromatic N) is 2. The van der Waals surface area contributed by atoms with Crippen LogP contribution in [0.1, 0.15) is 38.2 Å². The predicted octanol–water partition coefficient (Wildman–Crippen LogP) is 2.57. The van der Waals surface area contributed by atoms with E-state index in [1.54, 1.807) is 7.05 Å². The van der Waals surface area contributed by atoms with Crippen LogP contribution in [0.25, 0.3) is 0 Å². The number of likely N-dealkylation sites (tertiary alicyclic amines) is 1. The van der Waals surface area contributed by atoms with E-state index in [4.69, 9.17) is 4.74 Å². The summed E-state index contributed by atoms with van der Waals surface area (Å²) in [5.74, 6) is 0.744. The summed E-state index contributed by atoms with van der Waals surface area (Å²) in [5, 5.41) is 9.76. The van der Waals surface area contributed by atoms with E-state index in [1.165, 1.54) is 19.4 Å². The summed E-state index contributed by atoms with van der Waals surface area (Å²) in [6, 6.07) is 8.47. The van der Waals surface area contributed by atoms with Crippen molar-refractivity contribution in [2.24, 2.45) is 4.99 Å². The number of guanidine groups is 1. The van der Waals surface area contributed by atoms with Crippen molar-refractivity contribution in [1.29, 1.82) is 0 Å². The summed E-state index contributed by atoms with van der Waals surface area (Å²) in [4.78, 5) is 19.1. The second-order valence-electron chi connectivity index (χ2n) is 7.42. The third-order valence-corrected chi connectivity index (χ3v) is 5.51. The molecule has 2 fully saturated rings. The molecule has 7 nitrogen and oxygen atoms in total. The maximum absolute atomic E-state index is 12.2. The van der Waals surface area contributed by atoms with E-state index in [0.29, 0.717) is 19.2 Å². The second-order valence-corrected chi connectivity index (χ2v) is 7.42. The van der Waals surface area contributed by atoms with E-state index in [1.807, 2.05) is 24.3 Å². The Labute approximate surface area is 191 Å². The molecule has 2 heterocycles. The topological polar surface area (TPSA) is 78.0 Å². The minimum absolute atomic E-state index is 0. The molecule has 2 unspecified atom stereocenters. The van der Waals surface area contributed by atoms with E-state index in [0.717, 1.165) is 43.1 Å². The number of hydrogen-bond donors (Lipinski definition) is 3. The Morgan fingerprint density at radius 2 is 2.14 bits per heavy atom. The Morgan fingerprint density at radius 1 is 1.28 bits per heavy atom. The number of halogens is 1. The fourth-order valence-electron chi connectivity index (χ4n) is 3.93. The van der Waals surface area contributed by atoms with Crippen molar-refractivity contribution in [2.75, 3.05) is 38.6 Å². The first kappa shape index (κ1) is 23.9. The summed E-state index contributed by atoms with van der Waals surface area (Å²) in [6.07, 6.45) is 3.94. The van der Waals surface area contributed by atoms with Gasteiger partial charge in [-0.2, -0.15) is 0 Å². The SMILES string of the molecule is CCN1CCCC1CNC(=NC)NCc1cccc(NC(=O)C2CCCO2)c1.I. The van der Waals surface area contributed by atoms with E-state index >= 15 is 0 Å². The van der Waals surface area contributed by atoms with Gasteiger partial charge < -0.3 is 20.7 Å². The van der Waals surface area contributed by atoms with Crippen LogP contribution in [0.15, 0.2) is 29.3 Å². The molecule has 0 radical (unpaired) electrons. The van der Waals surface area contributed by atoms with Gasteiger partial charge >= 0.3 is 0 Å². The molecule has 2 aliphatic heterocycles. The van der Waals surface area contributed by atoms with Gasteiger partial charge in [0.25, 0.3) is 5.91 Å². The third kappa shape index (κ3) is 7.11. The Kier molecular flexibility index (Phi) is 10.2. The average Bonchev–Trinajstić information content (AvgIpc) is 3.40. The molecular weight excluding hydrogens is 481 g/mol. The lowest BCUT2D eigenvalue weighted by molar-refractivity contribution is -0.124. The van der Waals surface area contributed by atoms with Crippen LogP contribution in [-0.2, 0) is 16.1 Å². The third-order valence-electron chi connectivity index (χ3n) is 5.51. The van der Waals surface area contributed by atoms with Crippen molar-refractivity contribution in [1.82, 2.24) is 15.5 Å². The van der Waals surface area contributed by atoms with Gasteiger partial charge in [0.1, 0.15) is 6.10 Å². The van der Waals surface area contributed by atoms with Crippen LogP contribution in [-0.4, -0.2) is 62.2 Å². The first-order valence-corrected chi connectivity index (χ1v) is 10.4. The number of hydrogen-bond acceptors (Lipinski definition) is 4. The van der Waals surface area contributed by atoms with Crippen molar-refractivity contribution in [3.8, 4) is 0 Å². The molecule has 29 heavy (non-hydrogen) atoms. The monoisotopic (exact) mass is 515 g/mol. The molecule has 1 amide bonds. The number of benzene rings is 1. The summed E-state index contributed by atoms with van der Waals surface area (Å²) in [5.41, 5.74) is 1.89. The molecule has 0 aromatic heterocycles. The van der Waals surface area contributed by atoms with E-state index in [-0.39, 0.29) is 36.0 Å². The Morgan fingerprint density at radius 3 is 2.86 bits per heavy atom. The van der Waals surface area contributed by atoms with Gasteiger partial charge in [0.15, 0.2) is 5.96 Å². The summed E-state index contributed by atoms with van der Waals surface area (Å²) < 4.78 is 5.44. The van der Waals surface area contributed by atoms with Gasteiger partial charge in [-0.3, -0.25) is 14.7 Å². The molecule has 1 aromatic carbocycles. The van der Waals surface area contributed by atoms with Crippen LogP contribution < -0.4 is 16.0 Å². The van der Waals surface area contributed by atoms with Crippen LogP contribution in [0, 0.1) is 0 Å². The lowest BCUT2D eigenvalue weighted by Crippen LogP contribution is -2.44. The van der Waals surface area contributed by atoms with Crippen molar-refractivity contribution in [3.63, 3.8) is 0 Å². The van der Waals surface area contributed by atoms with Crippen molar-refractivity contribution < 1.29 is 9.53 Å². The van der Waals surface area contributed by atoms with E-state index in [2.05, 4.69) is 32.8 Å². The van der Waals surface area contributed by atoms with E-state index < -0.39 is 0 Å². The number of aliphatic imine (C=N–C) groups is 1. The second kappa shape index (κ2) is 12.3. The van der Waals surface area contributed by atoms with Crippen molar-refractivity contribution >= 4 is 41.5 Å². The molecule has 162 valence electrons. The predicted molar refractivity (Wildman–Crippen MR) is 128 cm³/mol. The number of ether oxygens (including phenoxy) is 1. The highest BCUT2D eigenvalue weighted by Gasteiger charge is 2.24. The smallest absolute Gasteiger partial charge is 0.253 e. The molecule has 8 heteroatoms. The first-order chi connectivity index (χ1) is 13.7. The van der Waals surface area contributed by atoms with Crippen LogP contribution >= 0.6 is 24.0 Å². The van der Waals surface area contributed by atoms with E-state index in [9.17, 15) is 4.79 Å². The average molecular weight is 515 g/mol. The highest BCUT2D eigenvalue weighted by molar-refractivity contribution is 14.0. The van der Waals surface area contributed by atoms with Crippen LogP contribution in [0.5, 0.6) is 0 Å². The fourth-order valence-corrected chi connectivity index (χ4v) is 3.93. The van der Waals surface area contributed by atoms with Crippen molar-refractivity contribution in [3.05, 3.63) is 29.8 Å². The zero-order chi connectivity index (χ0) is 19.8. The maximum Gasteiger partial charge on any atom is 0.253 e.